The highest BCUT2D eigenvalue weighted by atomic mass is 16.5. The van der Waals surface area contributed by atoms with Gasteiger partial charge in [-0.05, 0) is 58.2 Å². The summed E-state index contributed by atoms with van der Waals surface area (Å²) in [5, 5.41) is 0. The normalized spacial score (nSPS) is 25.6. The maximum absolute atomic E-state index is 13.9. The molecule has 1 saturated heterocycles. The molecule has 2 amide bonds. The quantitative estimate of drug-likeness (QED) is 0.600. The Balaban J connectivity index is 1.71. The molecule has 2 atom stereocenters. The Bertz CT molecular complexity index is 874. The fourth-order valence-corrected chi connectivity index (χ4v) is 5.45. The second kappa shape index (κ2) is 10.3. The summed E-state index contributed by atoms with van der Waals surface area (Å²) in [5.74, 6) is 0.479. The van der Waals surface area contributed by atoms with Crippen LogP contribution >= 0.6 is 0 Å². The fourth-order valence-electron chi connectivity index (χ4n) is 5.45. The van der Waals surface area contributed by atoms with Crippen molar-refractivity contribution in [3.8, 4) is 5.75 Å². The van der Waals surface area contributed by atoms with E-state index in [4.69, 9.17) is 9.47 Å². The van der Waals surface area contributed by atoms with Crippen LogP contribution in [0, 0.1) is 0 Å². The van der Waals surface area contributed by atoms with Crippen molar-refractivity contribution < 1.29 is 19.1 Å². The average Bonchev–Trinajstić information content (AvgIpc) is 2.98. The van der Waals surface area contributed by atoms with Gasteiger partial charge in [-0.15, -0.1) is 0 Å². The fraction of sp³-hybridized carbons (Fsp3) is 0.630. The predicted molar refractivity (Wildman–Crippen MR) is 129 cm³/mol. The van der Waals surface area contributed by atoms with E-state index >= 15 is 0 Å². The number of rotatable bonds is 5. The van der Waals surface area contributed by atoms with Crippen LogP contribution in [-0.2, 0) is 14.3 Å². The summed E-state index contributed by atoms with van der Waals surface area (Å²) in [6, 6.07) is 7.58. The molecule has 33 heavy (non-hydrogen) atoms. The number of hydrogen-bond acceptors (Lipinski definition) is 5. The van der Waals surface area contributed by atoms with Gasteiger partial charge in [0.15, 0.2) is 0 Å². The molecule has 3 aliphatic rings. The SMILES string of the molecule is CC(C)Oc1ccc(C2=C(N3CC(C)OC(C)C3)C(=O)N(C3CCCCCCC3)C2=O)cc1. The summed E-state index contributed by atoms with van der Waals surface area (Å²) in [4.78, 5) is 31.4. The lowest BCUT2D eigenvalue weighted by Crippen LogP contribution is -2.48. The van der Waals surface area contributed by atoms with Gasteiger partial charge in [-0.25, -0.2) is 0 Å². The molecule has 2 heterocycles. The Morgan fingerprint density at radius 2 is 1.45 bits per heavy atom. The summed E-state index contributed by atoms with van der Waals surface area (Å²) < 4.78 is 11.7. The van der Waals surface area contributed by atoms with Crippen molar-refractivity contribution in [3.63, 3.8) is 0 Å². The Kier molecular flexibility index (Phi) is 7.42. The maximum atomic E-state index is 13.9. The molecule has 0 bridgehead atoms. The molecule has 4 rings (SSSR count). The molecule has 2 unspecified atom stereocenters. The van der Waals surface area contributed by atoms with Crippen molar-refractivity contribution in [3.05, 3.63) is 35.5 Å². The van der Waals surface area contributed by atoms with Gasteiger partial charge < -0.3 is 14.4 Å². The Morgan fingerprint density at radius 1 is 0.879 bits per heavy atom. The molecule has 2 fully saturated rings. The predicted octanol–water partition coefficient (Wildman–Crippen LogP) is 4.78. The van der Waals surface area contributed by atoms with Gasteiger partial charge in [-0.3, -0.25) is 14.5 Å². The number of hydrogen-bond donors (Lipinski definition) is 0. The van der Waals surface area contributed by atoms with E-state index in [9.17, 15) is 9.59 Å². The number of ether oxygens (including phenoxy) is 2. The number of carbonyl (C=O) groups excluding carboxylic acids is 2. The van der Waals surface area contributed by atoms with Crippen LogP contribution in [0.5, 0.6) is 5.75 Å². The summed E-state index contributed by atoms with van der Waals surface area (Å²) in [6.07, 6.45) is 7.61. The molecule has 2 aliphatic heterocycles. The second-order valence-corrected chi connectivity index (χ2v) is 10.1. The van der Waals surface area contributed by atoms with E-state index < -0.39 is 0 Å². The largest absolute Gasteiger partial charge is 0.491 e. The van der Waals surface area contributed by atoms with E-state index in [0.29, 0.717) is 24.4 Å². The molecule has 6 nitrogen and oxygen atoms in total. The maximum Gasteiger partial charge on any atom is 0.278 e. The molecular formula is C27H38N2O4. The first-order valence-corrected chi connectivity index (χ1v) is 12.6. The number of amides is 2. The highest BCUT2D eigenvalue weighted by Gasteiger charge is 2.45. The van der Waals surface area contributed by atoms with Gasteiger partial charge >= 0.3 is 0 Å². The van der Waals surface area contributed by atoms with Crippen LogP contribution in [0.1, 0.15) is 78.2 Å². The Hall–Kier alpha value is -2.34. The molecule has 0 aromatic heterocycles. The summed E-state index contributed by atoms with van der Waals surface area (Å²) >= 11 is 0. The van der Waals surface area contributed by atoms with Crippen LogP contribution in [0.25, 0.3) is 5.57 Å². The smallest absolute Gasteiger partial charge is 0.278 e. The molecular weight excluding hydrogens is 416 g/mol. The molecule has 0 spiro atoms. The van der Waals surface area contributed by atoms with E-state index in [1.54, 1.807) is 4.90 Å². The van der Waals surface area contributed by atoms with Gasteiger partial charge in [0.25, 0.3) is 11.8 Å². The first-order valence-electron chi connectivity index (χ1n) is 12.6. The lowest BCUT2D eigenvalue weighted by molar-refractivity contribution is -0.141. The number of imide groups is 1. The topological polar surface area (TPSA) is 59.1 Å². The van der Waals surface area contributed by atoms with E-state index in [1.807, 2.05) is 52.0 Å². The van der Waals surface area contributed by atoms with Crippen LogP contribution in [0.2, 0.25) is 0 Å². The van der Waals surface area contributed by atoms with Crippen LogP contribution in [0.15, 0.2) is 30.0 Å². The van der Waals surface area contributed by atoms with Crippen molar-refractivity contribution in [2.75, 3.05) is 13.1 Å². The van der Waals surface area contributed by atoms with Gasteiger partial charge in [-0.2, -0.15) is 0 Å². The summed E-state index contributed by atoms with van der Waals surface area (Å²) in [6.45, 7) is 9.23. The second-order valence-electron chi connectivity index (χ2n) is 10.1. The minimum Gasteiger partial charge on any atom is -0.491 e. The van der Waals surface area contributed by atoms with Crippen molar-refractivity contribution in [1.82, 2.24) is 9.80 Å². The summed E-state index contributed by atoms with van der Waals surface area (Å²) in [7, 11) is 0. The molecule has 0 radical (unpaired) electrons. The lowest BCUT2D eigenvalue weighted by atomic mass is 9.95. The van der Waals surface area contributed by atoms with Crippen molar-refractivity contribution in [2.45, 2.75) is 97.0 Å². The van der Waals surface area contributed by atoms with Crippen LogP contribution in [0.3, 0.4) is 0 Å². The van der Waals surface area contributed by atoms with Crippen molar-refractivity contribution in [2.24, 2.45) is 0 Å². The molecule has 1 aromatic rings. The number of morpholine rings is 1. The molecule has 1 aliphatic carbocycles. The highest BCUT2D eigenvalue weighted by Crippen LogP contribution is 2.37. The first-order chi connectivity index (χ1) is 15.8. The molecule has 1 saturated carbocycles. The van der Waals surface area contributed by atoms with Crippen LogP contribution in [0.4, 0.5) is 0 Å². The van der Waals surface area contributed by atoms with Crippen molar-refractivity contribution in [1.29, 1.82) is 0 Å². The molecule has 1 aromatic carbocycles. The lowest BCUT2D eigenvalue weighted by Gasteiger charge is -2.37. The molecule has 180 valence electrons. The van der Waals surface area contributed by atoms with Gasteiger partial charge in [0.05, 0.1) is 23.9 Å². The first kappa shape index (κ1) is 23.8. The van der Waals surface area contributed by atoms with E-state index in [2.05, 4.69) is 4.90 Å². The standard InChI is InChI=1S/C27H38N2O4/c1-18(2)32-23-14-12-21(13-15-23)24-25(28-16-19(3)33-20(4)17-28)27(31)29(26(24)30)22-10-8-6-5-7-9-11-22/h12-15,18-20,22H,5-11,16-17H2,1-4H3. The minimum atomic E-state index is -0.148. The average molecular weight is 455 g/mol. The monoisotopic (exact) mass is 454 g/mol. The third-order valence-electron chi connectivity index (χ3n) is 6.78. The van der Waals surface area contributed by atoms with E-state index in [-0.39, 0.29) is 36.2 Å². The van der Waals surface area contributed by atoms with E-state index in [1.165, 1.54) is 19.3 Å². The third-order valence-corrected chi connectivity index (χ3v) is 6.78. The number of benzene rings is 1. The minimum absolute atomic E-state index is 0.00247. The van der Waals surface area contributed by atoms with Gasteiger partial charge in [0.1, 0.15) is 11.4 Å². The van der Waals surface area contributed by atoms with Gasteiger partial charge in [-0.1, -0.05) is 44.2 Å². The highest BCUT2D eigenvalue weighted by molar-refractivity contribution is 6.35. The molecule has 0 N–H and O–H groups in total. The zero-order chi connectivity index (χ0) is 23.5. The number of carbonyl (C=O) groups is 2. The van der Waals surface area contributed by atoms with Crippen molar-refractivity contribution >= 4 is 17.4 Å². The van der Waals surface area contributed by atoms with Crippen LogP contribution in [-0.4, -0.2) is 59.1 Å². The van der Waals surface area contributed by atoms with Gasteiger partial charge in [0, 0.05) is 19.1 Å². The Labute approximate surface area is 197 Å². The zero-order valence-electron chi connectivity index (χ0n) is 20.5. The van der Waals surface area contributed by atoms with Gasteiger partial charge in [0.2, 0.25) is 0 Å². The summed E-state index contributed by atoms with van der Waals surface area (Å²) in [5.41, 5.74) is 1.85. The molecule has 6 heteroatoms. The Morgan fingerprint density at radius 3 is 2.03 bits per heavy atom. The van der Waals surface area contributed by atoms with Crippen LogP contribution < -0.4 is 4.74 Å². The number of nitrogens with zero attached hydrogens (tertiary/aromatic N) is 2. The third kappa shape index (κ3) is 5.26. The van der Waals surface area contributed by atoms with E-state index in [0.717, 1.165) is 37.0 Å². The zero-order valence-corrected chi connectivity index (χ0v) is 20.5.